The Morgan fingerprint density at radius 2 is 2.04 bits per heavy atom. The third-order valence-electron chi connectivity index (χ3n) is 3.83. The van der Waals surface area contributed by atoms with Crippen molar-refractivity contribution >= 4 is 28.5 Å². The third kappa shape index (κ3) is 2.56. The second kappa shape index (κ2) is 6.08. The zero-order chi connectivity index (χ0) is 17.4. The number of carbonyl (C=O) groups excluding carboxylic acids is 1. The van der Waals surface area contributed by atoms with E-state index in [-0.39, 0.29) is 19.1 Å². The number of fused-ring (bicyclic) bond motifs is 1. The summed E-state index contributed by atoms with van der Waals surface area (Å²) >= 11 is 1.33. The quantitative estimate of drug-likeness (QED) is 0.646. The van der Waals surface area contributed by atoms with Gasteiger partial charge in [0.25, 0.3) is 5.56 Å². The van der Waals surface area contributed by atoms with Gasteiger partial charge in [-0.05, 0) is 23.9 Å². The largest absolute Gasteiger partial charge is 0.460 e. The minimum Gasteiger partial charge on any atom is -0.460 e. The lowest BCUT2D eigenvalue weighted by atomic mass is 10.3. The molecule has 0 aliphatic rings. The van der Waals surface area contributed by atoms with E-state index in [9.17, 15) is 14.4 Å². The topological polar surface area (TPSA) is 88.1 Å². The first-order valence-corrected chi connectivity index (χ1v) is 8.12. The summed E-state index contributed by atoms with van der Waals surface area (Å²) in [6, 6.07) is 1.86. The van der Waals surface area contributed by atoms with Crippen LogP contribution in [0, 0.1) is 6.92 Å². The monoisotopic (exact) mass is 348 g/mol. The van der Waals surface area contributed by atoms with Crippen LogP contribution in [0.4, 0.5) is 0 Å². The van der Waals surface area contributed by atoms with Crippen molar-refractivity contribution in [3.05, 3.63) is 49.1 Å². The SMILES string of the molecule is Cc1ccsc1C(=O)OCCn1cnc2c1c(=O)n(C)c(=O)n2C. The van der Waals surface area contributed by atoms with Crippen LogP contribution in [0.1, 0.15) is 15.2 Å². The number of hydrogen-bond acceptors (Lipinski definition) is 6. The van der Waals surface area contributed by atoms with Crippen LogP contribution in [0.15, 0.2) is 27.4 Å². The summed E-state index contributed by atoms with van der Waals surface area (Å²) in [5, 5.41) is 1.83. The van der Waals surface area contributed by atoms with Crippen LogP contribution in [0.3, 0.4) is 0 Å². The van der Waals surface area contributed by atoms with Gasteiger partial charge in [0.2, 0.25) is 0 Å². The highest BCUT2D eigenvalue weighted by Crippen LogP contribution is 2.16. The second-order valence-electron chi connectivity index (χ2n) is 5.38. The molecule has 8 nitrogen and oxygen atoms in total. The Balaban J connectivity index is 1.82. The van der Waals surface area contributed by atoms with Gasteiger partial charge in [-0.3, -0.25) is 13.9 Å². The van der Waals surface area contributed by atoms with E-state index in [0.717, 1.165) is 10.1 Å². The van der Waals surface area contributed by atoms with Crippen molar-refractivity contribution in [2.75, 3.05) is 6.61 Å². The Bertz CT molecular complexity index is 1040. The zero-order valence-electron chi connectivity index (χ0n) is 13.5. The lowest BCUT2D eigenvalue weighted by Gasteiger charge is -2.07. The fraction of sp³-hybridized carbons (Fsp3) is 0.333. The summed E-state index contributed by atoms with van der Waals surface area (Å²) in [7, 11) is 2.97. The van der Waals surface area contributed by atoms with Gasteiger partial charge in [-0.1, -0.05) is 0 Å². The summed E-state index contributed by atoms with van der Waals surface area (Å²) in [5.41, 5.74) is 0.636. The molecule has 24 heavy (non-hydrogen) atoms. The predicted octanol–water partition coefficient (Wildman–Crippen LogP) is 0.661. The minimum absolute atomic E-state index is 0.105. The van der Waals surface area contributed by atoms with Gasteiger partial charge >= 0.3 is 11.7 Å². The summed E-state index contributed by atoms with van der Waals surface area (Å²) < 4.78 is 9.19. The van der Waals surface area contributed by atoms with E-state index in [1.807, 2.05) is 18.4 Å². The second-order valence-corrected chi connectivity index (χ2v) is 6.30. The Kier molecular flexibility index (Phi) is 4.10. The fourth-order valence-electron chi connectivity index (χ4n) is 2.45. The average Bonchev–Trinajstić information content (AvgIpc) is 3.17. The van der Waals surface area contributed by atoms with Crippen molar-refractivity contribution in [1.82, 2.24) is 18.7 Å². The van der Waals surface area contributed by atoms with E-state index in [0.29, 0.717) is 16.0 Å². The Morgan fingerprint density at radius 1 is 1.29 bits per heavy atom. The van der Waals surface area contributed by atoms with Gasteiger partial charge in [0.05, 0.1) is 12.9 Å². The molecular formula is C15H16N4O4S. The van der Waals surface area contributed by atoms with Crippen molar-refractivity contribution in [3.63, 3.8) is 0 Å². The van der Waals surface area contributed by atoms with Gasteiger partial charge in [0, 0.05) is 14.1 Å². The Hall–Kier alpha value is -2.68. The standard InChI is InChI=1S/C15H16N4O4S/c1-9-4-7-24-11(9)14(21)23-6-5-19-8-16-12-10(19)13(20)18(3)15(22)17(12)2/h4,7-8H,5-6H2,1-3H3. The number of aryl methyl sites for hydroxylation is 2. The van der Waals surface area contributed by atoms with Gasteiger partial charge in [-0.15, -0.1) is 11.3 Å². The highest BCUT2D eigenvalue weighted by Gasteiger charge is 2.15. The van der Waals surface area contributed by atoms with Crippen molar-refractivity contribution in [3.8, 4) is 0 Å². The lowest BCUT2D eigenvalue weighted by molar-refractivity contribution is 0.0497. The molecule has 0 N–H and O–H groups in total. The Labute approximate surface area is 140 Å². The van der Waals surface area contributed by atoms with Crippen LogP contribution in [0.5, 0.6) is 0 Å². The van der Waals surface area contributed by atoms with Crippen LogP contribution in [-0.2, 0) is 25.4 Å². The van der Waals surface area contributed by atoms with Gasteiger partial charge < -0.3 is 9.30 Å². The van der Waals surface area contributed by atoms with Crippen LogP contribution in [0.25, 0.3) is 11.2 Å². The maximum Gasteiger partial charge on any atom is 0.348 e. The zero-order valence-corrected chi connectivity index (χ0v) is 14.3. The summed E-state index contributed by atoms with van der Waals surface area (Å²) in [6.07, 6.45) is 1.47. The van der Waals surface area contributed by atoms with E-state index in [2.05, 4.69) is 4.98 Å². The minimum atomic E-state index is -0.433. The smallest absolute Gasteiger partial charge is 0.348 e. The molecule has 0 saturated heterocycles. The molecule has 0 radical (unpaired) electrons. The highest BCUT2D eigenvalue weighted by molar-refractivity contribution is 7.12. The molecule has 3 aromatic heterocycles. The maximum absolute atomic E-state index is 12.3. The van der Waals surface area contributed by atoms with Gasteiger partial charge in [-0.2, -0.15) is 0 Å². The number of thiophene rings is 1. The number of ether oxygens (including phenoxy) is 1. The van der Waals surface area contributed by atoms with Crippen LogP contribution in [-0.4, -0.2) is 31.3 Å². The maximum atomic E-state index is 12.3. The number of carbonyl (C=O) groups is 1. The molecule has 3 heterocycles. The molecular weight excluding hydrogens is 332 g/mol. The van der Waals surface area contributed by atoms with Crippen molar-refractivity contribution in [1.29, 1.82) is 0 Å². The molecule has 0 unspecified atom stereocenters. The lowest BCUT2D eigenvalue weighted by Crippen LogP contribution is -2.37. The average molecular weight is 348 g/mol. The van der Waals surface area contributed by atoms with Crippen LogP contribution in [0.2, 0.25) is 0 Å². The number of imidazole rings is 1. The van der Waals surface area contributed by atoms with E-state index in [1.54, 1.807) is 11.6 Å². The van der Waals surface area contributed by atoms with Gasteiger partial charge in [0.1, 0.15) is 11.5 Å². The molecule has 3 rings (SSSR count). The molecule has 0 aromatic carbocycles. The molecule has 0 atom stereocenters. The molecule has 0 amide bonds. The molecule has 0 saturated carbocycles. The molecule has 9 heteroatoms. The van der Waals surface area contributed by atoms with Crippen molar-refractivity contribution < 1.29 is 9.53 Å². The molecule has 0 aliphatic heterocycles. The first-order valence-electron chi connectivity index (χ1n) is 7.24. The molecule has 126 valence electrons. The molecule has 0 fully saturated rings. The number of nitrogens with zero attached hydrogens (tertiary/aromatic N) is 4. The number of esters is 1. The summed E-state index contributed by atoms with van der Waals surface area (Å²) in [4.78, 5) is 40.9. The summed E-state index contributed by atoms with van der Waals surface area (Å²) in [5.74, 6) is -0.382. The first kappa shape index (κ1) is 16.2. The van der Waals surface area contributed by atoms with E-state index < -0.39 is 11.2 Å². The normalized spacial score (nSPS) is 11.1. The van der Waals surface area contributed by atoms with Gasteiger partial charge in [0.15, 0.2) is 11.2 Å². The molecule has 0 aliphatic carbocycles. The van der Waals surface area contributed by atoms with E-state index >= 15 is 0 Å². The third-order valence-corrected chi connectivity index (χ3v) is 4.83. The first-order chi connectivity index (χ1) is 11.4. The molecule has 0 bridgehead atoms. The molecule has 0 spiro atoms. The Morgan fingerprint density at radius 3 is 2.71 bits per heavy atom. The van der Waals surface area contributed by atoms with Crippen molar-refractivity contribution in [2.45, 2.75) is 13.5 Å². The van der Waals surface area contributed by atoms with Gasteiger partial charge in [-0.25, -0.2) is 14.6 Å². The van der Waals surface area contributed by atoms with E-state index in [1.165, 1.54) is 29.3 Å². The van der Waals surface area contributed by atoms with E-state index in [4.69, 9.17) is 4.74 Å². The van der Waals surface area contributed by atoms with Crippen LogP contribution >= 0.6 is 11.3 Å². The number of aromatic nitrogens is 4. The van der Waals surface area contributed by atoms with Crippen molar-refractivity contribution in [2.24, 2.45) is 14.1 Å². The number of rotatable bonds is 4. The summed E-state index contributed by atoms with van der Waals surface area (Å²) in [6.45, 7) is 2.23. The predicted molar refractivity (Wildman–Crippen MR) is 89.6 cm³/mol. The fourth-order valence-corrected chi connectivity index (χ4v) is 3.27. The van der Waals surface area contributed by atoms with Crippen LogP contribution < -0.4 is 11.2 Å². The number of hydrogen-bond donors (Lipinski definition) is 0. The highest BCUT2D eigenvalue weighted by atomic mass is 32.1. The molecule has 3 aromatic rings.